The highest BCUT2D eigenvalue weighted by atomic mass is 32.1. The number of pyridine rings is 1. The number of aryl methyl sites for hydroxylation is 2. The second-order valence-corrected chi connectivity index (χ2v) is 10.2. The van der Waals surface area contributed by atoms with Crippen LogP contribution in [0.4, 0.5) is 4.39 Å². The lowest BCUT2D eigenvalue weighted by Crippen LogP contribution is -2.35. The Morgan fingerprint density at radius 3 is 2.51 bits per heavy atom. The lowest BCUT2D eigenvalue weighted by atomic mass is 10.1. The number of amides is 1. The van der Waals surface area contributed by atoms with E-state index in [4.69, 9.17) is 4.74 Å². The highest BCUT2D eigenvalue weighted by molar-refractivity contribution is 7.10. The standard InChI is InChI=1S/C27H28FN3O3S/c1-5-18-15-20-22(26(33)31(18)19-10-8-17(28)9-11-19)24(34-16(2)3)23(30(20)4)25(32)29-27(12-13-27)21-7-6-14-35-21/h6-11,14-16H,5,12-13H2,1-4H3,(H,29,32). The van der Waals surface area contributed by atoms with E-state index in [1.54, 1.807) is 39.7 Å². The van der Waals surface area contributed by atoms with Crippen LogP contribution in [0.15, 0.2) is 52.6 Å². The molecular weight excluding hydrogens is 465 g/mol. The number of rotatable bonds is 7. The first kappa shape index (κ1) is 23.4. The summed E-state index contributed by atoms with van der Waals surface area (Å²) in [6.07, 6.45) is 2.09. The maximum atomic E-state index is 13.9. The second kappa shape index (κ2) is 8.68. The van der Waals surface area contributed by atoms with Crippen LogP contribution in [0.25, 0.3) is 16.6 Å². The average Bonchev–Trinajstić information content (AvgIpc) is 3.26. The highest BCUT2D eigenvalue weighted by Crippen LogP contribution is 2.48. The quantitative estimate of drug-likeness (QED) is 0.380. The molecule has 0 radical (unpaired) electrons. The molecule has 35 heavy (non-hydrogen) atoms. The molecule has 0 spiro atoms. The molecule has 5 rings (SSSR count). The van der Waals surface area contributed by atoms with Crippen LogP contribution < -0.4 is 15.6 Å². The number of fused-ring (bicyclic) bond motifs is 1. The van der Waals surface area contributed by atoms with E-state index in [1.807, 2.05) is 44.4 Å². The van der Waals surface area contributed by atoms with Gasteiger partial charge in [-0.2, -0.15) is 0 Å². The fourth-order valence-electron chi connectivity index (χ4n) is 4.64. The van der Waals surface area contributed by atoms with Crippen molar-refractivity contribution >= 4 is 28.1 Å². The summed E-state index contributed by atoms with van der Waals surface area (Å²) in [5, 5.41) is 5.57. The Bertz CT molecular complexity index is 1460. The van der Waals surface area contributed by atoms with Crippen molar-refractivity contribution in [3.63, 3.8) is 0 Å². The number of aromatic nitrogens is 2. The van der Waals surface area contributed by atoms with Gasteiger partial charge in [-0.25, -0.2) is 4.39 Å². The van der Waals surface area contributed by atoms with Gasteiger partial charge in [0.15, 0.2) is 11.4 Å². The average molecular weight is 494 g/mol. The Labute approximate surface area is 207 Å². The van der Waals surface area contributed by atoms with Gasteiger partial charge in [0.1, 0.15) is 11.2 Å². The third kappa shape index (κ3) is 3.95. The molecule has 1 aliphatic carbocycles. The molecule has 1 amide bonds. The summed E-state index contributed by atoms with van der Waals surface area (Å²) in [5.74, 6) is -0.361. The summed E-state index contributed by atoms with van der Waals surface area (Å²) in [6.45, 7) is 5.70. The summed E-state index contributed by atoms with van der Waals surface area (Å²) >= 11 is 1.63. The van der Waals surface area contributed by atoms with Gasteiger partial charge in [0.2, 0.25) is 0 Å². The predicted octanol–water partition coefficient (Wildman–Crippen LogP) is 5.30. The molecule has 1 N–H and O–H groups in total. The summed E-state index contributed by atoms with van der Waals surface area (Å²) in [4.78, 5) is 28.7. The maximum absolute atomic E-state index is 13.9. The van der Waals surface area contributed by atoms with E-state index < -0.39 is 0 Å². The highest BCUT2D eigenvalue weighted by Gasteiger charge is 2.47. The summed E-state index contributed by atoms with van der Waals surface area (Å²) in [6, 6.07) is 11.8. The Hall–Kier alpha value is -3.39. The number of nitrogens with one attached hydrogen (secondary N) is 1. The van der Waals surface area contributed by atoms with E-state index in [0.29, 0.717) is 28.7 Å². The van der Waals surface area contributed by atoms with Gasteiger partial charge in [0.05, 0.1) is 17.2 Å². The van der Waals surface area contributed by atoms with Gasteiger partial charge in [-0.3, -0.25) is 14.2 Å². The number of carbonyl (C=O) groups excluding carboxylic acids is 1. The first-order valence-electron chi connectivity index (χ1n) is 11.8. The minimum absolute atomic E-state index is 0.246. The summed E-state index contributed by atoms with van der Waals surface area (Å²) in [7, 11) is 1.79. The predicted molar refractivity (Wildman–Crippen MR) is 136 cm³/mol. The van der Waals surface area contributed by atoms with E-state index in [2.05, 4.69) is 5.32 Å². The first-order valence-corrected chi connectivity index (χ1v) is 12.7. The largest absolute Gasteiger partial charge is 0.488 e. The third-order valence-electron chi connectivity index (χ3n) is 6.51. The number of thiophene rings is 1. The van der Waals surface area contributed by atoms with Crippen LogP contribution in [0.3, 0.4) is 0 Å². The molecule has 3 aromatic heterocycles. The molecule has 1 fully saturated rings. The van der Waals surface area contributed by atoms with Gasteiger partial charge in [0.25, 0.3) is 11.5 Å². The van der Waals surface area contributed by atoms with Crippen molar-refractivity contribution in [1.29, 1.82) is 0 Å². The van der Waals surface area contributed by atoms with Gasteiger partial charge < -0.3 is 14.6 Å². The second-order valence-electron chi connectivity index (χ2n) is 9.28. The lowest BCUT2D eigenvalue weighted by molar-refractivity contribution is 0.0917. The Kier molecular flexibility index (Phi) is 5.79. The van der Waals surface area contributed by atoms with Crippen LogP contribution in [-0.4, -0.2) is 21.1 Å². The normalized spacial score (nSPS) is 14.5. The fraction of sp³-hybridized carbons (Fsp3) is 0.333. The summed E-state index contributed by atoms with van der Waals surface area (Å²) in [5.41, 5.74) is 1.62. The fourth-order valence-corrected chi connectivity index (χ4v) is 5.58. The molecular formula is C27H28FN3O3S. The molecule has 6 nitrogen and oxygen atoms in total. The van der Waals surface area contributed by atoms with E-state index in [9.17, 15) is 14.0 Å². The van der Waals surface area contributed by atoms with Crippen molar-refractivity contribution in [1.82, 2.24) is 14.5 Å². The molecule has 182 valence electrons. The topological polar surface area (TPSA) is 65.3 Å². The maximum Gasteiger partial charge on any atom is 0.272 e. The number of hydrogen-bond acceptors (Lipinski definition) is 4. The van der Waals surface area contributed by atoms with Gasteiger partial charge in [-0.1, -0.05) is 13.0 Å². The molecule has 8 heteroatoms. The zero-order chi connectivity index (χ0) is 24.9. The monoisotopic (exact) mass is 493 g/mol. The number of carbonyl (C=O) groups is 1. The van der Waals surface area contributed by atoms with Gasteiger partial charge in [-0.05, 0) is 74.9 Å². The Morgan fingerprint density at radius 1 is 1.23 bits per heavy atom. The number of benzene rings is 1. The lowest BCUT2D eigenvalue weighted by Gasteiger charge is -2.18. The van der Waals surface area contributed by atoms with Crippen LogP contribution >= 0.6 is 11.3 Å². The molecule has 3 heterocycles. The van der Waals surface area contributed by atoms with Gasteiger partial charge in [-0.15, -0.1) is 11.3 Å². The van der Waals surface area contributed by atoms with Crippen molar-refractivity contribution < 1.29 is 13.9 Å². The molecule has 0 atom stereocenters. The summed E-state index contributed by atoms with van der Waals surface area (Å²) < 4.78 is 23.0. The minimum atomic E-state index is -0.372. The van der Waals surface area contributed by atoms with Gasteiger partial charge in [0, 0.05) is 23.3 Å². The van der Waals surface area contributed by atoms with Crippen LogP contribution in [0.5, 0.6) is 5.75 Å². The molecule has 0 bridgehead atoms. The van der Waals surface area contributed by atoms with E-state index in [-0.39, 0.29) is 34.7 Å². The van der Waals surface area contributed by atoms with Crippen LogP contribution in [0, 0.1) is 5.82 Å². The molecule has 0 saturated heterocycles. The van der Waals surface area contributed by atoms with Crippen LogP contribution in [0.1, 0.15) is 54.7 Å². The SMILES string of the molecule is CCc1cc2c(c(OC(C)C)c(C(=O)NC3(c4cccs4)CC3)n2C)c(=O)n1-c1ccc(F)cc1. The van der Waals surface area contributed by atoms with Gasteiger partial charge >= 0.3 is 0 Å². The molecule has 0 unspecified atom stereocenters. The molecule has 1 aliphatic rings. The zero-order valence-corrected chi connectivity index (χ0v) is 21.0. The van der Waals surface area contributed by atoms with Crippen LogP contribution in [0.2, 0.25) is 0 Å². The number of nitrogens with zero attached hydrogens (tertiary/aromatic N) is 2. The number of ether oxygens (including phenoxy) is 1. The minimum Gasteiger partial charge on any atom is -0.488 e. The van der Waals surface area contributed by atoms with Crippen molar-refractivity contribution in [3.05, 3.63) is 80.3 Å². The Balaban J connectivity index is 1.71. The van der Waals surface area contributed by atoms with Crippen molar-refractivity contribution in [3.8, 4) is 11.4 Å². The molecule has 1 aromatic carbocycles. The Morgan fingerprint density at radius 2 is 1.94 bits per heavy atom. The molecule has 4 aromatic rings. The number of halogens is 1. The first-order chi connectivity index (χ1) is 16.8. The van der Waals surface area contributed by atoms with Crippen molar-refractivity contribution in [2.45, 2.75) is 51.7 Å². The van der Waals surface area contributed by atoms with E-state index in [0.717, 1.165) is 23.4 Å². The number of hydrogen-bond donors (Lipinski definition) is 1. The smallest absolute Gasteiger partial charge is 0.272 e. The van der Waals surface area contributed by atoms with Crippen LogP contribution in [-0.2, 0) is 19.0 Å². The van der Waals surface area contributed by atoms with Crippen molar-refractivity contribution in [2.75, 3.05) is 0 Å². The van der Waals surface area contributed by atoms with Crippen molar-refractivity contribution in [2.24, 2.45) is 7.05 Å². The molecule has 1 saturated carbocycles. The molecule has 0 aliphatic heterocycles. The third-order valence-corrected chi connectivity index (χ3v) is 7.59. The van der Waals surface area contributed by atoms with E-state index >= 15 is 0 Å². The van der Waals surface area contributed by atoms with E-state index in [1.165, 1.54) is 12.1 Å². The zero-order valence-electron chi connectivity index (χ0n) is 20.2.